The maximum atomic E-state index is 13.1. The number of aromatic nitrogens is 1. The van der Waals surface area contributed by atoms with E-state index in [1.54, 1.807) is 13.0 Å². The molecule has 0 N–H and O–H groups in total. The lowest BCUT2D eigenvalue weighted by Gasteiger charge is -2.46. The highest BCUT2D eigenvalue weighted by molar-refractivity contribution is 5.91. The van der Waals surface area contributed by atoms with Crippen molar-refractivity contribution in [1.29, 1.82) is 0 Å². The third-order valence-corrected chi connectivity index (χ3v) is 8.76. The predicted molar refractivity (Wildman–Crippen MR) is 136 cm³/mol. The molecular formula is C28H34F3N4O4-. The Morgan fingerprint density at radius 3 is 2.56 bits per heavy atom. The van der Waals surface area contributed by atoms with Crippen LogP contribution in [-0.2, 0) is 22.7 Å². The minimum atomic E-state index is -4.41. The summed E-state index contributed by atoms with van der Waals surface area (Å²) in [7, 11) is 0. The summed E-state index contributed by atoms with van der Waals surface area (Å²) >= 11 is 0. The molecule has 1 aromatic heterocycles. The van der Waals surface area contributed by atoms with Crippen LogP contribution in [0.15, 0.2) is 23.5 Å². The summed E-state index contributed by atoms with van der Waals surface area (Å²) in [4.78, 5) is 21.6. The Bertz CT molecular complexity index is 1300. The van der Waals surface area contributed by atoms with Crippen LogP contribution in [0.1, 0.15) is 63.0 Å². The van der Waals surface area contributed by atoms with E-state index in [1.807, 2.05) is 6.92 Å². The van der Waals surface area contributed by atoms with E-state index in [2.05, 4.69) is 31.8 Å². The molecule has 3 fully saturated rings. The molecule has 0 radical (unpaired) electrons. The number of fused-ring (bicyclic) bond motifs is 1. The van der Waals surface area contributed by atoms with E-state index in [-0.39, 0.29) is 0 Å². The summed E-state index contributed by atoms with van der Waals surface area (Å²) in [5.74, 6) is 0.545. The number of likely N-dealkylation sites (tertiary alicyclic amines) is 2. The minimum Gasteiger partial charge on any atom is -0.550 e. The van der Waals surface area contributed by atoms with E-state index in [9.17, 15) is 23.1 Å². The molecule has 0 bridgehead atoms. The summed E-state index contributed by atoms with van der Waals surface area (Å²) in [5, 5.41) is 16.6. The van der Waals surface area contributed by atoms with Crippen LogP contribution in [0.5, 0.6) is 5.75 Å². The molecule has 0 atom stereocenters. The van der Waals surface area contributed by atoms with Gasteiger partial charge in [-0.3, -0.25) is 4.90 Å². The van der Waals surface area contributed by atoms with E-state index >= 15 is 0 Å². The maximum absolute atomic E-state index is 13.1. The van der Waals surface area contributed by atoms with Crippen LogP contribution in [0.4, 0.5) is 13.2 Å². The monoisotopic (exact) mass is 547 g/mol. The standard InChI is InChI=1S/C28H35F3N4O4/c1-3-34-14-20(19-4-5-19)24-21(34)10-18(11-22(24)38-17-28(29,30)31)13-33-15-27(16-33)12-23(32-39-27)35-8-6-26(2,7-9-35)25(36)37/h10-11,14,19H,3-9,12-13,15-17H2,1-2H3,(H,36,37)/p-1. The van der Waals surface area contributed by atoms with Crippen LogP contribution >= 0.6 is 0 Å². The number of aryl methyl sites for hydroxylation is 1. The summed E-state index contributed by atoms with van der Waals surface area (Å²) in [6.07, 6.45) is 1.45. The highest BCUT2D eigenvalue weighted by atomic mass is 19.4. The lowest BCUT2D eigenvalue weighted by Crippen LogP contribution is -2.61. The largest absolute Gasteiger partial charge is 0.550 e. The van der Waals surface area contributed by atoms with Gasteiger partial charge in [-0.1, -0.05) is 12.1 Å². The second-order valence-electron chi connectivity index (χ2n) is 12.0. The summed E-state index contributed by atoms with van der Waals surface area (Å²) in [6, 6.07) is 3.85. The van der Waals surface area contributed by atoms with E-state index in [1.165, 1.54) is 0 Å². The van der Waals surface area contributed by atoms with Crippen molar-refractivity contribution in [2.24, 2.45) is 10.6 Å². The summed E-state index contributed by atoms with van der Waals surface area (Å²) in [6.45, 7) is 6.28. The van der Waals surface area contributed by atoms with Crippen molar-refractivity contribution >= 4 is 22.7 Å². The molecule has 212 valence electrons. The number of ether oxygens (including phenoxy) is 1. The van der Waals surface area contributed by atoms with Gasteiger partial charge < -0.3 is 28.9 Å². The Morgan fingerprint density at radius 2 is 1.95 bits per heavy atom. The molecular weight excluding hydrogens is 513 g/mol. The first-order chi connectivity index (χ1) is 18.5. The normalized spacial score (nSPS) is 22.6. The number of piperidine rings is 1. The van der Waals surface area contributed by atoms with Crippen LogP contribution < -0.4 is 9.84 Å². The van der Waals surface area contributed by atoms with Crippen molar-refractivity contribution in [3.8, 4) is 5.75 Å². The second kappa shape index (κ2) is 9.31. The minimum absolute atomic E-state index is 0.306. The third-order valence-electron chi connectivity index (χ3n) is 8.76. The number of carboxylic acid groups (broad SMARTS) is 1. The van der Waals surface area contributed by atoms with Crippen LogP contribution in [0.2, 0.25) is 0 Å². The Balaban J connectivity index is 1.13. The maximum Gasteiger partial charge on any atom is 0.422 e. The third kappa shape index (κ3) is 5.05. The van der Waals surface area contributed by atoms with Crippen LogP contribution in [0, 0.1) is 5.41 Å². The quantitative estimate of drug-likeness (QED) is 0.527. The molecule has 2 aromatic rings. The number of benzene rings is 1. The average molecular weight is 548 g/mol. The number of amidine groups is 1. The molecule has 2 saturated heterocycles. The van der Waals surface area contributed by atoms with Gasteiger partial charge in [0.05, 0.1) is 11.9 Å². The van der Waals surface area contributed by atoms with Crippen molar-refractivity contribution in [1.82, 2.24) is 14.4 Å². The molecule has 6 rings (SSSR count). The lowest BCUT2D eigenvalue weighted by atomic mass is 9.80. The number of hydrogen-bond donors (Lipinski definition) is 0. The number of carboxylic acids is 1. The number of rotatable bonds is 7. The Hall–Kier alpha value is -2.95. The highest BCUT2D eigenvalue weighted by Crippen LogP contribution is 2.47. The van der Waals surface area contributed by atoms with E-state index in [0.717, 1.165) is 47.3 Å². The molecule has 3 aliphatic heterocycles. The molecule has 1 spiro atoms. The first-order valence-electron chi connectivity index (χ1n) is 13.8. The van der Waals surface area contributed by atoms with Crippen molar-refractivity contribution in [2.45, 2.75) is 76.7 Å². The highest BCUT2D eigenvalue weighted by Gasteiger charge is 2.51. The zero-order valence-corrected chi connectivity index (χ0v) is 22.4. The summed E-state index contributed by atoms with van der Waals surface area (Å²) in [5.41, 5.74) is 1.69. The van der Waals surface area contributed by atoms with Gasteiger partial charge in [-0.2, -0.15) is 13.2 Å². The first kappa shape index (κ1) is 26.3. The molecule has 0 amide bonds. The summed E-state index contributed by atoms with van der Waals surface area (Å²) < 4.78 is 46.7. The fraction of sp³-hybridized carbons (Fsp3) is 0.643. The second-order valence-corrected chi connectivity index (χ2v) is 12.0. The lowest BCUT2D eigenvalue weighted by molar-refractivity contribution is -0.320. The fourth-order valence-corrected chi connectivity index (χ4v) is 6.25. The van der Waals surface area contributed by atoms with E-state index in [4.69, 9.17) is 9.57 Å². The van der Waals surface area contributed by atoms with Crippen molar-refractivity contribution in [3.63, 3.8) is 0 Å². The Kier molecular flexibility index (Phi) is 6.28. The van der Waals surface area contributed by atoms with Crippen molar-refractivity contribution in [3.05, 3.63) is 29.5 Å². The van der Waals surface area contributed by atoms with Gasteiger partial charge in [0.1, 0.15) is 11.6 Å². The van der Waals surface area contributed by atoms with Gasteiger partial charge in [-0.15, -0.1) is 0 Å². The average Bonchev–Trinajstić information content (AvgIpc) is 3.50. The SMILES string of the molecule is CCn1cc(C2CC2)c2c(OCC(F)(F)F)cc(CN3CC4(CC(N5CCC(C)(C(=O)[O-])CC5)=NO4)C3)cc21. The molecule has 1 aliphatic carbocycles. The smallest absolute Gasteiger partial charge is 0.422 e. The molecule has 11 heteroatoms. The van der Waals surface area contributed by atoms with E-state index in [0.29, 0.717) is 63.7 Å². The zero-order valence-electron chi connectivity index (χ0n) is 22.4. The molecule has 39 heavy (non-hydrogen) atoms. The van der Waals surface area contributed by atoms with Gasteiger partial charge >= 0.3 is 6.18 Å². The number of halogens is 3. The molecule has 1 aromatic carbocycles. The fourth-order valence-electron chi connectivity index (χ4n) is 6.25. The van der Waals surface area contributed by atoms with Gasteiger partial charge in [-0.05, 0) is 61.8 Å². The van der Waals surface area contributed by atoms with Crippen molar-refractivity contribution < 1.29 is 32.6 Å². The molecule has 1 saturated carbocycles. The van der Waals surface area contributed by atoms with Crippen LogP contribution in [-0.4, -0.2) is 70.7 Å². The van der Waals surface area contributed by atoms with Gasteiger partial charge in [0.2, 0.25) is 0 Å². The Morgan fingerprint density at radius 1 is 1.23 bits per heavy atom. The number of alkyl halides is 3. The van der Waals surface area contributed by atoms with Gasteiger partial charge in [0.25, 0.3) is 0 Å². The first-order valence-corrected chi connectivity index (χ1v) is 13.8. The van der Waals surface area contributed by atoms with Gasteiger partial charge in [-0.25, -0.2) is 0 Å². The molecule has 4 aliphatic rings. The van der Waals surface area contributed by atoms with E-state index < -0.39 is 29.8 Å². The van der Waals surface area contributed by atoms with Crippen LogP contribution in [0.3, 0.4) is 0 Å². The van der Waals surface area contributed by atoms with Gasteiger partial charge in [0, 0.05) is 62.2 Å². The predicted octanol–water partition coefficient (Wildman–Crippen LogP) is 3.62. The number of carbonyl (C=O) groups excluding carboxylic acids is 1. The topological polar surface area (TPSA) is 82.4 Å². The number of oxime groups is 1. The van der Waals surface area contributed by atoms with Gasteiger partial charge in [0.15, 0.2) is 12.2 Å². The van der Waals surface area contributed by atoms with Crippen molar-refractivity contribution in [2.75, 3.05) is 32.8 Å². The number of aliphatic carboxylic acids is 1. The number of nitrogens with zero attached hydrogens (tertiary/aromatic N) is 4. The number of hydrogen-bond acceptors (Lipinski definition) is 7. The molecule has 8 nitrogen and oxygen atoms in total. The molecule has 4 heterocycles. The molecule has 0 unspecified atom stereocenters. The number of carbonyl (C=O) groups is 1. The Labute approximate surface area is 225 Å². The van der Waals surface area contributed by atoms with Crippen LogP contribution in [0.25, 0.3) is 10.9 Å². The zero-order chi connectivity index (χ0) is 27.6.